The number of alkyl halides is 1. The molecule has 1 aromatic heterocycles. The van der Waals surface area contributed by atoms with Crippen LogP contribution < -0.4 is 4.72 Å². The van der Waals surface area contributed by atoms with Crippen molar-refractivity contribution in [2.45, 2.75) is 4.90 Å². The predicted molar refractivity (Wildman–Crippen MR) is 60.9 cm³/mol. The summed E-state index contributed by atoms with van der Waals surface area (Å²) in [5.41, 5.74) is 0. The monoisotopic (exact) mass is 282 g/mol. The molecule has 96 valence electrons. The average Bonchev–Trinajstić information content (AvgIpc) is 2.29. The molecule has 1 aromatic rings. The number of rotatable bonds is 7. The summed E-state index contributed by atoms with van der Waals surface area (Å²) in [6.07, 6.45) is 2.01. The Morgan fingerprint density at radius 2 is 2.18 bits per heavy atom. The zero-order chi connectivity index (χ0) is 12.7. The van der Waals surface area contributed by atoms with Crippen LogP contribution in [-0.2, 0) is 14.8 Å². The average molecular weight is 283 g/mol. The first kappa shape index (κ1) is 14.3. The third-order valence-electron chi connectivity index (χ3n) is 1.75. The Morgan fingerprint density at radius 1 is 1.41 bits per heavy atom. The molecule has 0 aliphatic carbocycles. The first-order chi connectivity index (χ1) is 8.06. The molecule has 0 spiro atoms. The zero-order valence-corrected chi connectivity index (χ0v) is 10.5. The lowest BCUT2D eigenvalue weighted by Crippen LogP contribution is -2.27. The molecule has 0 bridgehead atoms. The van der Waals surface area contributed by atoms with E-state index in [2.05, 4.69) is 9.71 Å². The SMILES string of the molecule is O=S(=O)(NCCOCCCl)c1cncc(F)c1. The Bertz CT molecular complexity index is 455. The first-order valence-corrected chi connectivity index (χ1v) is 6.82. The molecule has 0 fully saturated rings. The topological polar surface area (TPSA) is 68.3 Å². The van der Waals surface area contributed by atoms with E-state index in [0.717, 1.165) is 18.5 Å². The van der Waals surface area contributed by atoms with Gasteiger partial charge in [0, 0.05) is 18.6 Å². The molecule has 0 atom stereocenters. The number of aromatic nitrogens is 1. The quantitative estimate of drug-likeness (QED) is 0.592. The van der Waals surface area contributed by atoms with Crippen molar-refractivity contribution in [2.75, 3.05) is 25.6 Å². The van der Waals surface area contributed by atoms with Gasteiger partial charge in [-0.1, -0.05) is 0 Å². The molecule has 1 N–H and O–H groups in total. The zero-order valence-electron chi connectivity index (χ0n) is 8.90. The van der Waals surface area contributed by atoms with Crippen LogP contribution in [0, 0.1) is 5.82 Å². The first-order valence-electron chi connectivity index (χ1n) is 4.80. The molecule has 0 aromatic carbocycles. The van der Waals surface area contributed by atoms with Crippen molar-refractivity contribution in [3.63, 3.8) is 0 Å². The van der Waals surface area contributed by atoms with Crippen LogP contribution >= 0.6 is 11.6 Å². The molecule has 0 amide bonds. The van der Waals surface area contributed by atoms with Gasteiger partial charge in [0.15, 0.2) is 0 Å². The summed E-state index contributed by atoms with van der Waals surface area (Å²) in [6, 6.07) is 0.898. The highest BCUT2D eigenvalue weighted by atomic mass is 35.5. The molecule has 0 saturated heterocycles. The number of nitrogens with one attached hydrogen (secondary N) is 1. The van der Waals surface area contributed by atoms with E-state index in [1.807, 2.05) is 0 Å². The van der Waals surface area contributed by atoms with E-state index in [1.54, 1.807) is 0 Å². The minimum atomic E-state index is -3.74. The Hall–Kier alpha value is -0.760. The molecular formula is C9H12ClFN2O3S. The van der Waals surface area contributed by atoms with Crippen molar-refractivity contribution in [3.8, 4) is 0 Å². The van der Waals surface area contributed by atoms with Gasteiger partial charge in [-0.05, 0) is 6.07 Å². The molecule has 1 rings (SSSR count). The smallest absolute Gasteiger partial charge is 0.242 e. The highest BCUT2D eigenvalue weighted by Gasteiger charge is 2.14. The van der Waals surface area contributed by atoms with Crippen LogP contribution in [0.3, 0.4) is 0 Å². The summed E-state index contributed by atoms with van der Waals surface area (Å²) in [5, 5.41) is 0. The number of pyridine rings is 1. The summed E-state index contributed by atoms with van der Waals surface area (Å²) in [4.78, 5) is 3.25. The predicted octanol–water partition coefficient (Wildman–Crippen LogP) is 0.754. The van der Waals surface area contributed by atoms with Crippen molar-refractivity contribution in [3.05, 3.63) is 24.3 Å². The fourth-order valence-corrected chi connectivity index (χ4v) is 2.12. The maximum atomic E-state index is 12.8. The Balaban J connectivity index is 2.51. The van der Waals surface area contributed by atoms with Gasteiger partial charge in [0.1, 0.15) is 10.7 Å². The molecule has 0 saturated carbocycles. The van der Waals surface area contributed by atoms with Crippen LogP contribution in [0.25, 0.3) is 0 Å². The van der Waals surface area contributed by atoms with Crippen molar-refractivity contribution in [1.82, 2.24) is 9.71 Å². The van der Waals surface area contributed by atoms with E-state index in [4.69, 9.17) is 16.3 Å². The lowest BCUT2D eigenvalue weighted by atomic mass is 10.5. The van der Waals surface area contributed by atoms with Crippen LogP contribution in [0.15, 0.2) is 23.4 Å². The molecule has 0 aliphatic rings. The van der Waals surface area contributed by atoms with Gasteiger partial charge in [0.25, 0.3) is 0 Å². The summed E-state index contributed by atoms with van der Waals surface area (Å²) in [7, 11) is -3.74. The molecule has 8 heteroatoms. The summed E-state index contributed by atoms with van der Waals surface area (Å²) < 4.78 is 43.3. The minimum absolute atomic E-state index is 0.0930. The molecule has 1 heterocycles. The summed E-state index contributed by atoms with van der Waals surface area (Å²) in [6.45, 7) is 0.648. The Morgan fingerprint density at radius 3 is 2.82 bits per heavy atom. The lowest BCUT2D eigenvalue weighted by molar-refractivity contribution is 0.155. The van der Waals surface area contributed by atoms with Gasteiger partial charge < -0.3 is 4.74 Å². The molecular weight excluding hydrogens is 271 g/mol. The van der Waals surface area contributed by atoms with Gasteiger partial charge >= 0.3 is 0 Å². The van der Waals surface area contributed by atoms with Gasteiger partial charge in [0.05, 0.1) is 19.4 Å². The highest BCUT2D eigenvalue weighted by molar-refractivity contribution is 7.89. The normalized spacial score (nSPS) is 11.6. The van der Waals surface area contributed by atoms with E-state index >= 15 is 0 Å². The van der Waals surface area contributed by atoms with Crippen LogP contribution in [-0.4, -0.2) is 39.0 Å². The maximum Gasteiger partial charge on any atom is 0.242 e. The summed E-state index contributed by atoms with van der Waals surface area (Å²) in [5.74, 6) is -0.355. The van der Waals surface area contributed by atoms with E-state index in [1.165, 1.54) is 0 Å². The van der Waals surface area contributed by atoms with Crippen molar-refractivity contribution >= 4 is 21.6 Å². The molecule has 0 unspecified atom stereocenters. The number of ether oxygens (including phenoxy) is 1. The van der Waals surface area contributed by atoms with Gasteiger partial charge in [-0.15, -0.1) is 11.6 Å². The standard InChI is InChI=1S/C9H12ClFN2O3S/c10-1-3-16-4-2-13-17(14,15)9-5-8(11)6-12-7-9/h5-7,13H,1-4H2. The molecule has 0 radical (unpaired) electrons. The Labute approximate surface area is 104 Å². The molecule has 0 aliphatic heterocycles. The van der Waals surface area contributed by atoms with E-state index in [-0.39, 0.29) is 18.0 Å². The summed E-state index contributed by atoms with van der Waals surface area (Å²) >= 11 is 5.37. The third-order valence-corrected chi connectivity index (χ3v) is 3.33. The van der Waals surface area contributed by atoms with E-state index < -0.39 is 15.8 Å². The second-order valence-electron chi connectivity index (χ2n) is 3.04. The second kappa shape index (κ2) is 6.85. The minimum Gasteiger partial charge on any atom is -0.379 e. The molecule has 5 nitrogen and oxygen atoms in total. The highest BCUT2D eigenvalue weighted by Crippen LogP contribution is 2.07. The number of halogens is 2. The second-order valence-corrected chi connectivity index (χ2v) is 5.18. The van der Waals surface area contributed by atoms with Crippen LogP contribution in [0.5, 0.6) is 0 Å². The maximum absolute atomic E-state index is 12.8. The van der Waals surface area contributed by atoms with Gasteiger partial charge in [-0.2, -0.15) is 0 Å². The van der Waals surface area contributed by atoms with Crippen LogP contribution in [0.4, 0.5) is 4.39 Å². The van der Waals surface area contributed by atoms with Crippen LogP contribution in [0.2, 0.25) is 0 Å². The van der Waals surface area contributed by atoms with Crippen molar-refractivity contribution in [1.29, 1.82) is 0 Å². The third kappa shape index (κ3) is 4.95. The molecule has 17 heavy (non-hydrogen) atoms. The largest absolute Gasteiger partial charge is 0.379 e. The van der Waals surface area contributed by atoms with Crippen LogP contribution in [0.1, 0.15) is 0 Å². The fourth-order valence-electron chi connectivity index (χ4n) is 1.03. The number of sulfonamides is 1. The van der Waals surface area contributed by atoms with Gasteiger partial charge in [-0.25, -0.2) is 17.5 Å². The number of nitrogens with zero attached hydrogens (tertiary/aromatic N) is 1. The number of hydrogen-bond donors (Lipinski definition) is 1. The Kier molecular flexibility index (Phi) is 5.76. The lowest BCUT2D eigenvalue weighted by Gasteiger charge is -2.06. The van der Waals surface area contributed by atoms with Crippen molar-refractivity contribution < 1.29 is 17.5 Å². The number of hydrogen-bond acceptors (Lipinski definition) is 4. The fraction of sp³-hybridized carbons (Fsp3) is 0.444. The van der Waals surface area contributed by atoms with E-state index in [0.29, 0.717) is 12.5 Å². The van der Waals surface area contributed by atoms with Crippen molar-refractivity contribution in [2.24, 2.45) is 0 Å². The van der Waals surface area contributed by atoms with Gasteiger partial charge in [-0.3, -0.25) is 4.98 Å². The van der Waals surface area contributed by atoms with Gasteiger partial charge in [0.2, 0.25) is 10.0 Å². The van der Waals surface area contributed by atoms with E-state index in [9.17, 15) is 12.8 Å².